The van der Waals surface area contributed by atoms with Gasteiger partial charge in [-0.1, -0.05) is 60.7 Å². The molecule has 1 N–H and O–H groups in total. The molecular formula is C20H20Cl2N2O. The van der Waals surface area contributed by atoms with Gasteiger partial charge in [-0.15, -0.1) is 0 Å². The Kier molecular flexibility index (Phi) is 4.48. The van der Waals surface area contributed by atoms with Crippen molar-refractivity contribution in [1.29, 1.82) is 0 Å². The van der Waals surface area contributed by atoms with Crippen molar-refractivity contribution in [3.63, 3.8) is 0 Å². The minimum absolute atomic E-state index is 0.228. The molecule has 1 aliphatic heterocycles. The Morgan fingerprint density at radius 3 is 2.52 bits per heavy atom. The predicted molar refractivity (Wildman–Crippen MR) is 103 cm³/mol. The molecule has 0 aromatic heterocycles. The molecular weight excluding hydrogens is 355 g/mol. The number of rotatable bonds is 2. The van der Waals surface area contributed by atoms with Gasteiger partial charge < -0.3 is 10.0 Å². The molecule has 2 aliphatic rings. The lowest BCUT2D eigenvalue weighted by molar-refractivity contribution is -0.0633. The summed E-state index contributed by atoms with van der Waals surface area (Å²) in [7, 11) is 0. The smallest absolute Gasteiger partial charge is 0.195 e. The molecule has 1 heterocycles. The van der Waals surface area contributed by atoms with Gasteiger partial charge in [-0.05, 0) is 37.1 Å². The van der Waals surface area contributed by atoms with Gasteiger partial charge in [-0.2, -0.15) is 0 Å². The van der Waals surface area contributed by atoms with Gasteiger partial charge in [-0.25, -0.2) is 4.99 Å². The molecule has 0 spiro atoms. The SMILES string of the molecule is OC1(c2ccccc2Cl)c2cc(Cl)ccc2N=CN1C1CCCCC1. The Balaban J connectivity index is 1.92. The molecule has 130 valence electrons. The van der Waals surface area contributed by atoms with Crippen molar-refractivity contribution in [2.75, 3.05) is 0 Å². The highest BCUT2D eigenvalue weighted by Gasteiger charge is 2.45. The molecule has 1 fully saturated rings. The highest BCUT2D eigenvalue weighted by atomic mass is 35.5. The van der Waals surface area contributed by atoms with Crippen molar-refractivity contribution in [3.05, 3.63) is 63.6 Å². The minimum atomic E-state index is -1.37. The van der Waals surface area contributed by atoms with E-state index in [9.17, 15) is 5.11 Å². The van der Waals surface area contributed by atoms with E-state index in [-0.39, 0.29) is 6.04 Å². The first-order valence-electron chi connectivity index (χ1n) is 8.71. The molecule has 25 heavy (non-hydrogen) atoms. The predicted octanol–water partition coefficient (Wildman–Crippen LogP) is 5.49. The summed E-state index contributed by atoms with van der Waals surface area (Å²) in [6.07, 6.45) is 7.42. The van der Waals surface area contributed by atoms with Crippen molar-refractivity contribution in [2.45, 2.75) is 43.9 Å². The van der Waals surface area contributed by atoms with Crippen LogP contribution in [-0.2, 0) is 5.72 Å². The van der Waals surface area contributed by atoms with Crippen LogP contribution in [0.1, 0.15) is 43.2 Å². The molecule has 3 nitrogen and oxygen atoms in total. The first-order valence-corrected chi connectivity index (χ1v) is 9.46. The number of aliphatic hydroxyl groups is 1. The highest BCUT2D eigenvalue weighted by Crippen LogP contribution is 2.46. The third-order valence-corrected chi connectivity index (χ3v) is 5.81. The highest BCUT2D eigenvalue weighted by molar-refractivity contribution is 6.31. The van der Waals surface area contributed by atoms with Gasteiger partial charge in [0.1, 0.15) is 0 Å². The monoisotopic (exact) mass is 374 g/mol. The summed E-state index contributed by atoms with van der Waals surface area (Å²) < 4.78 is 0. The Morgan fingerprint density at radius 1 is 1.00 bits per heavy atom. The molecule has 4 rings (SSSR count). The van der Waals surface area contributed by atoms with E-state index in [1.54, 1.807) is 18.5 Å². The normalized spacial score (nSPS) is 23.6. The fourth-order valence-corrected chi connectivity index (χ4v) is 4.43. The summed E-state index contributed by atoms with van der Waals surface area (Å²) >= 11 is 12.7. The topological polar surface area (TPSA) is 35.8 Å². The Labute approximate surface area is 157 Å². The van der Waals surface area contributed by atoms with Crippen LogP contribution >= 0.6 is 23.2 Å². The maximum atomic E-state index is 12.0. The second-order valence-corrected chi connectivity index (χ2v) is 7.60. The van der Waals surface area contributed by atoms with E-state index >= 15 is 0 Å². The zero-order valence-electron chi connectivity index (χ0n) is 13.8. The molecule has 1 saturated carbocycles. The van der Waals surface area contributed by atoms with Crippen molar-refractivity contribution in [2.24, 2.45) is 4.99 Å². The van der Waals surface area contributed by atoms with Crippen LogP contribution in [-0.4, -0.2) is 22.4 Å². The molecule has 0 amide bonds. The molecule has 2 aromatic rings. The fourth-order valence-electron chi connectivity index (χ4n) is 3.99. The zero-order chi connectivity index (χ0) is 17.4. The summed E-state index contributed by atoms with van der Waals surface area (Å²) in [5, 5.41) is 13.1. The molecule has 0 bridgehead atoms. The van der Waals surface area contributed by atoms with Gasteiger partial charge in [0, 0.05) is 27.2 Å². The van der Waals surface area contributed by atoms with Crippen LogP contribution in [0, 0.1) is 0 Å². The molecule has 2 aromatic carbocycles. The lowest BCUT2D eigenvalue weighted by Gasteiger charge is -2.47. The molecule has 0 radical (unpaired) electrons. The van der Waals surface area contributed by atoms with Crippen LogP contribution in [0.3, 0.4) is 0 Å². The molecule has 1 unspecified atom stereocenters. The number of nitrogens with zero attached hydrogens (tertiary/aromatic N) is 2. The van der Waals surface area contributed by atoms with Gasteiger partial charge in [-0.3, -0.25) is 0 Å². The van der Waals surface area contributed by atoms with Crippen molar-refractivity contribution < 1.29 is 5.11 Å². The summed E-state index contributed by atoms with van der Waals surface area (Å²) in [5.41, 5.74) is 0.694. The Morgan fingerprint density at radius 2 is 1.76 bits per heavy atom. The van der Waals surface area contributed by atoms with E-state index in [1.807, 2.05) is 35.2 Å². The third kappa shape index (κ3) is 2.84. The average Bonchev–Trinajstić information content (AvgIpc) is 2.63. The largest absolute Gasteiger partial charge is 0.363 e. The fraction of sp³-hybridized carbons (Fsp3) is 0.350. The van der Waals surface area contributed by atoms with E-state index in [0.717, 1.165) is 31.4 Å². The Bertz CT molecular complexity index is 817. The van der Waals surface area contributed by atoms with Gasteiger partial charge >= 0.3 is 0 Å². The Hall–Kier alpha value is -1.55. The maximum Gasteiger partial charge on any atom is 0.195 e. The lowest BCUT2D eigenvalue weighted by atomic mass is 9.86. The first kappa shape index (κ1) is 16.9. The van der Waals surface area contributed by atoms with Crippen molar-refractivity contribution >= 4 is 35.2 Å². The van der Waals surface area contributed by atoms with E-state index in [0.29, 0.717) is 21.2 Å². The van der Waals surface area contributed by atoms with Crippen LogP contribution in [0.15, 0.2) is 47.5 Å². The van der Waals surface area contributed by atoms with E-state index in [1.165, 1.54) is 6.42 Å². The van der Waals surface area contributed by atoms with Crippen LogP contribution in [0.25, 0.3) is 0 Å². The van der Waals surface area contributed by atoms with Gasteiger partial charge in [0.15, 0.2) is 5.72 Å². The molecule has 1 aliphatic carbocycles. The summed E-state index contributed by atoms with van der Waals surface area (Å²) in [4.78, 5) is 6.56. The number of fused-ring (bicyclic) bond motifs is 1. The third-order valence-electron chi connectivity index (χ3n) is 5.25. The maximum absolute atomic E-state index is 12.0. The minimum Gasteiger partial charge on any atom is -0.363 e. The van der Waals surface area contributed by atoms with E-state index in [4.69, 9.17) is 23.2 Å². The standard InChI is InChI=1S/C20H20Cl2N2O/c21-14-10-11-19-17(12-14)20(25,16-8-4-5-9-18(16)22)24(13-23-19)15-6-2-1-3-7-15/h4-5,8-13,15,25H,1-3,6-7H2. The number of hydrogen-bond donors (Lipinski definition) is 1. The lowest BCUT2D eigenvalue weighted by Crippen LogP contribution is -2.53. The summed E-state index contributed by atoms with van der Waals surface area (Å²) in [6, 6.07) is 13.1. The number of hydrogen-bond acceptors (Lipinski definition) is 3. The van der Waals surface area contributed by atoms with Gasteiger partial charge in [0.05, 0.1) is 12.0 Å². The van der Waals surface area contributed by atoms with Gasteiger partial charge in [0.2, 0.25) is 0 Å². The van der Waals surface area contributed by atoms with Crippen molar-refractivity contribution in [1.82, 2.24) is 4.90 Å². The molecule has 1 atom stereocenters. The van der Waals surface area contributed by atoms with Crippen LogP contribution in [0.2, 0.25) is 10.0 Å². The first-order chi connectivity index (χ1) is 12.1. The van der Waals surface area contributed by atoms with E-state index < -0.39 is 5.72 Å². The second-order valence-electron chi connectivity index (χ2n) is 6.76. The molecule has 5 heteroatoms. The zero-order valence-corrected chi connectivity index (χ0v) is 15.3. The van der Waals surface area contributed by atoms with Crippen LogP contribution < -0.4 is 0 Å². The molecule has 0 saturated heterocycles. The van der Waals surface area contributed by atoms with Crippen LogP contribution in [0.4, 0.5) is 5.69 Å². The number of halogens is 2. The average molecular weight is 375 g/mol. The summed E-state index contributed by atoms with van der Waals surface area (Å²) in [6.45, 7) is 0. The quantitative estimate of drug-likeness (QED) is 0.753. The van der Waals surface area contributed by atoms with E-state index in [2.05, 4.69) is 4.99 Å². The van der Waals surface area contributed by atoms with Crippen molar-refractivity contribution in [3.8, 4) is 0 Å². The van der Waals surface area contributed by atoms with Crippen LogP contribution in [0.5, 0.6) is 0 Å². The summed E-state index contributed by atoms with van der Waals surface area (Å²) in [5.74, 6) is 0. The second kappa shape index (κ2) is 6.64. The number of aliphatic imine (C=N–C) groups is 1. The van der Waals surface area contributed by atoms with Gasteiger partial charge in [0.25, 0.3) is 0 Å². The number of benzene rings is 2.